The van der Waals surface area contributed by atoms with Crippen molar-refractivity contribution in [2.45, 2.75) is 6.92 Å². The smallest absolute Gasteiger partial charge is 0.340 e. The van der Waals surface area contributed by atoms with Crippen LogP contribution in [-0.2, 0) is 4.74 Å². The highest BCUT2D eigenvalue weighted by molar-refractivity contribution is 6.00. The van der Waals surface area contributed by atoms with Crippen molar-refractivity contribution in [2.75, 3.05) is 25.1 Å². The Morgan fingerprint density at radius 3 is 2.71 bits per heavy atom. The SMILES string of the molecule is CCOC(=O)c1ccccc1NC(=O)NCCOc1cccc2cccnc12. The number of para-hydroxylation sites is 2. The summed E-state index contributed by atoms with van der Waals surface area (Å²) in [6.07, 6.45) is 1.71. The lowest BCUT2D eigenvalue weighted by Gasteiger charge is -2.12. The van der Waals surface area contributed by atoms with Gasteiger partial charge in [-0.1, -0.05) is 30.3 Å². The number of aromatic nitrogens is 1. The minimum absolute atomic E-state index is 0.264. The minimum Gasteiger partial charge on any atom is -0.489 e. The molecule has 0 unspecified atom stereocenters. The van der Waals surface area contributed by atoms with Crippen molar-refractivity contribution < 1.29 is 19.1 Å². The maximum atomic E-state index is 12.1. The Kier molecular flexibility index (Phi) is 6.41. The third kappa shape index (κ3) is 4.76. The molecule has 3 aromatic rings. The molecule has 2 aromatic carbocycles. The lowest BCUT2D eigenvalue weighted by Crippen LogP contribution is -2.32. The zero-order valence-electron chi connectivity index (χ0n) is 15.5. The molecule has 1 aromatic heterocycles. The van der Waals surface area contributed by atoms with E-state index in [4.69, 9.17) is 9.47 Å². The molecule has 0 aliphatic carbocycles. The maximum Gasteiger partial charge on any atom is 0.340 e. The van der Waals surface area contributed by atoms with Gasteiger partial charge in [0.15, 0.2) is 0 Å². The standard InChI is InChI=1S/C21H21N3O4/c1-2-27-20(25)16-9-3-4-10-17(16)24-21(26)23-13-14-28-18-11-5-7-15-8-6-12-22-19(15)18/h3-12H,2,13-14H2,1H3,(H2,23,24,26). The maximum absolute atomic E-state index is 12.1. The molecule has 2 N–H and O–H groups in total. The van der Waals surface area contributed by atoms with Gasteiger partial charge in [-0.3, -0.25) is 4.98 Å². The summed E-state index contributed by atoms with van der Waals surface area (Å²) in [4.78, 5) is 28.4. The van der Waals surface area contributed by atoms with E-state index in [0.29, 0.717) is 17.0 Å². The van der Waals surface area contributed by atoms with Crippen molar-refractivity contribution in [1.82, 2.24) is 10.3 Å². The van der Waals surface area contributed by atoms with Gasteiger partial charge in [0.25, 0.3) is 0 Å². The summed E-state index contributed by atoms with van der Waals surface area (Å²) in [7, 11) is 0. The topological polar surface area (TPSA) is 89.5 Å². The fourth-order valence-corrected chi connectivity index (χ4v) is 2.66. The Bertz CT molecular complexity index is 969. The molecule has 3 rings (SSSR count). The number of amides is 2. The number of nitrogens with zero attached hydrogens (tertiary/aromatic N) is 1. The number of hydrogen-bond donors (Lipinski definition) is 2. The molecule has 0 saturated heterocycles. The number of carbonyl (C=O) groups is 2. The average Bonchev–Trinajstić information content (AvgIpc) is 2.72. The first-order valence-electron chi connectivity index (χ1n) is 8.96. The molecular weight excluding hydrogens is 358 g/mol. The van der Waals surface area contributed by atoms with Gasteiger partial charge in [0.2, 0.25) is 0 Å². The van der Waals surface area contributed by atoms with Crippen LogP contribution in [0.4, 0.5) is 10.5 Å². The molecule has 7 heteroatoms. The van der Waals surface area contributed by atoms with Crippen LogP contribution in [0.5, 0.6) is 5.75 Å². The number of urea groups is 1. The van der Waals surface area contributed by atoms with Crippen molar-refractivity contribution in [3.05, 3.63) is 66.4 Å². The first-order valence-corrected chi connectivity index (χ1v) is 8.96. The highest BCUT2D eigenvalue weighted by Crippen LogP contribution is 2.22. The minimum atomic E-state index is -0.481. The van der Waals surface area contributed by atoms with E-state index in [2.05, 4.69) is 15.6 Å². The average molecular weight is 379 g/mol. The fourth-order valence-electron chi connectivity index (χ4n) is 2.66. The van der Waals surface area contributed by atoms with Gasteiger partial charge in [-0.2, -0.15) is 0 Å². The van der Waals surface area contributed by atoms with Crippen molar-refractivity contribution in [1.29, 1.82) is 0 Å². The number of benzene rings is 2. The number of pyridine rings is 1. The summed E-state index contributed by atoms with van der Waals surface area (Å²) in [5, 5.41) is 6.35. The van der Waals surface area contributed by atoms with Crippen LogP contribution in [0.3, 0.4) is 0 Å². The number of carbonyl (C=O) groups excluding carboxylic acids is 2. The number of nitrogens with one attached hydrogen (secondary N) is 2. The first-order chi connectivity index (χ1) is 13.7. The highest BCUT2D eigenvalue weighted by Gasteiger charge is 2.13. The van der Waals surface area contributed by atoms with Crippen LogP contribution in [0.2, 0.25) is 0 Å². The van der Waals surface area contributed by atoms with E-state index in [1.54, 1.807) is 37.4 Å². The molecule has 144 valence electrons. The van der Waals surface area contributed by atoms with Gasteiger partial charge in [-0.25, -0.2) is 9.59 Å². The van der Waals surface area contributed by atoms with Crippen molar-refractivity contribution in [3.8, 4) is 5.75 Å². The summed E-state index contributed by atoms with van der Waals surface area (Å²) >= 11 is 0. The Balaban J connectivity index is 1.52. The normalized spacial score (nSPS) is 10.3. The molecule has 0 saturated carbocycles. The lowest BCUT2D eigenvalue weighted by molar-refractivity contribution is 0.0527. The van der Waals surface area contributed by atoms with Crippen LogP contribution in [0.25, 0.3) is 10.9 Å². The van der Waals surface area contributed by atoms with Gasteiger partial charge in [0.05, 0.1) is 24.4 Å². The molecule has 0 aliphatic heterocycles. The Labute approximate surface area is 162 Å². The summed E-state index contributed by atoms with van der Waals surface area (Å²) < 4.78 is 10.7. The quantitative estimate of drug-likeness (QED) is 0.483. The van der Waals surface area contributed by atoms with E-state index in [-0.39, 0.29) is 19.8 Å². The molecule has 2 amide bonds. The second-order valence-electron chi connectivity index (χ2n) is 5.83. The summed E-state index contributed by atoms with van der Waals surface area (Å²) in [6, 6.07) is 15.8. The van der Waals surface area contributed by atoms with Gasteiger partial charge in [0, 0.05) is 11.6 Å². The van der Waals surface area contributed by atoms with Gasteiger partial charge in [0.1, 0.15) is 17.9 Å². The first kappa shape index (κ1) is 19.2. The Morgan fingerprint density at radius 2 is 1.86 bits per heavy atom. The Hall–Kier alpha value is -3.61. The molecule has 0 aliphatic rings. The molecule has 1 heterocycles. The molecule has 28 heavy (non-hydrogen) atoms. The number of fused-ring (bicyclic) bond motifs is 1. The zero-order valence-corrected chi connectivity index (χ0v) is 15.5. The summed E-state index contributed by atoms with van der Waals surface area (Å²) in [5.74, 6) is 0.179. The summed E-state index contributed by atoms with van der Waals surface area (Å²) in [6.45, 7) is 2.56. The van der Waals surface area contributed by atoms with E-state index < -0.39 is 12.0 Å². The molecule has 0 spiro atoms. The predicted octanol–water partition coefficient (Wildman–Crippen LogP) is 3.61. The Morgan fingerprint density at radius 1 is 1.04 bits per heavy atom. The zero-order chi connectivity index (χ0) is 19.8. The second kappa shape index (κ2) is 9.36. The molecule has 0 bridgehead atoms. The van der Waals surface area contributed by atoms with Crippen LogP contribution in [-0.4, -0.2) is 36.7 Å². The third-order valence-electron chi connectivity index (χ3n) is 3.91. The van der Waals surface area contributed by atoms with Crippen LogP contribution in [0.1, 0.15) is 17.3 Å². The van der Waals surface area contributed by atoms with Gasteiger partial charge in [-0.15, -0.1) is 0 Å². The molecular formula is C21H21N3O4. The van der Waals surface area contributed by atoms with Gasteiger partial charge in [-0.05, 0) is 31.2 Å². The van der Waals surface area contributed by atoms with Crippen LogP contribution < -0.4 is 15.4 Å². The molecule has 0 atom stereocenters. The second-order valence-corrected chi connectivity index (χ2v) is 5.83. The number of hydrogen-bond acceptors (Lipinski definition) is 5. The van der Waals surface area contributed by atoms with E-state index in [1.165, 1.54) is 0 Å². The van der Waals surface area contributed by atoms with Crippen molar-refractivity contribution >= 4 is 28.6 Å². The third-order valence-corrected chi connectivity index (χ3v) is 3.91. The molecule has 7 nitrogen and oxygen atoms in total. The largest absolute Gasteiger partial charge is 0.489 e. The van der Waals surface area contributed by atoms with E-state index in [0.717, 1.165) is 10.9 Å². The highest BCUT2D eigenvalue weighted by atomic mass is 16.5. The van der Waals surface area contributed by atoms with E-state index in [9.17, 15) is 9.59 Å². The fraction of sp³-hybridized carbons (Fsp3) is 0.190. The number of ether oxygens (including phenoxy) is 2. The number of esters is 1. The lowest BCUT2D eigenvalue weighted by atomic mass is 10.2. The van der Waals surface area contributed by atoms with Crippen LogP contribution in [0, 0.1) is 0 Å². The van der Waals surface area contributed by atoms with Crippen LogP contribution in [0.15, 0.2) is 60.8 Å². The molecule has 0 radical (unpaired) electrons. The number of anilines is 1. The van der Waals surface area contributed by atoms with Crippen molar-refractivity contribution in [3.63, 3.8) is 0 Å². The van der Waals surface area contributed by atoms with Gasteiger partial charge < -0.3 is 20.1 Å². The van der Waals surface area contributed by atoms with Crippen molar-refractivity contribution in [2.24, 2.45) is 0 Å². The van der Waals surface area contributed by atoms with E-state index >= 15 is 0 Å². The number of rotatable bonds is 7. The van der Waals surface area contributed by atoms with Crippen LogP contribution >= 0.6 is 0 Å². The van der Waals surface area contributed by atoms with Gasteiger partial charge >= 0.3 is 12.0 Å². The van der Waals surface area contributed by atoms with E-state index in [1.807, 2.05) is 30.3 Å². The molecule has 0 fully saturated rings. The predicted molar refractivity (Wildman–Crippen MR) is 107 cm³/mol. The summed E-state index contributed by atoms with van der Waals surface area (Å²) in [5.41, 5.74) is 1.47. The monoisotopic (exact) mass is 379 g/mol.